The van der Waals surface area contributed by atoms with E-state index >= 15 is 0 Å². The Morgan fingerprint density at radius 1 is 0.947 bits per heavy atom. The standard InChI is InChI=1S/C17H20FN/c18-16-9-8-15(13-6-2-3-7-14(13)16)17(12-19)10-4-1-5-11-17/h2-3,6-9H,1,4-5,10-12,19H2. The molecule has 0 radical (unpaired) electrons. The molecule has 1 aliphatic carbocycles. The molecule has 0 aromatic heterocycles. The lowest BCUT2D eigenvalue weighted by Gasteiger charge is -2.37. The van der Waals surface area contributed by atoms with Gasteiger partial charge < -0.3 is 5.73 Å². The highest BCUT2D eigenvalue weighted by molar-refractivity contribution is 5.87. The van der Waals surface area contributed by atoms with Crippen molar-refractivity contribution in [1.29, 1.82) is 0 Å². The molecule has 0 unspecified atom stereocenters. The van der Waals surface area contributed by atoms with E-state index in [2.05, 4.69) is 0 Å². The number of nitrogens with two attached hydrogens (primary N) is 1. The van der Waals surface area contributed by atoms with Crippen molar-refractivity contribution in [3.8, 4) is 0 Å². The first kappa shape index (κ1) is 12.6. The van der Waals surface area contributed by atoms with Gasteiger partial charge in [0, 0.05) is 17.3 Å². The van der Waals surface area contributed by atoms with Gasteiger partial charge in [-0.25, -0.2) is 4.39 Å². The highest BCUT2D eigenvalue weighted by atomic mass is 19.1. The molecule has 1 fully saturated rings. The summed E-state index contributed by atoms with van der Waals surface area (Å²) in [5, 5.41) is 1.76. The first-order valence-corrected chi connectivity index (χ1v) is 7.15. The number of rotatable bonds is 2. The van der Waals surface area contributed by atoms with Gasteiger partial charge in [0.05, 0.1) is 0 Å². The second-order valence-corrected chi connectivity index (χ2v) is 5.69. The third-order valence-corrected chi connectivity index (χ3v) is 4.64. The van der Waals surface area contributed by atoms with Gasteiger partial charge in [-0.15, -0.1) is 0 Å². The van der Waals surface area contributed by atoms with Crippen LogP contribution in [0.15, 0.2) is 36.4 Å². The van der Waals surface area contributed by atoms with Crippen LogP contribution < -0.4 is 5.73 Å². The quantitative estimate of drug-likeness (QED) is 0.859. The Kier molecular flexibility index (Phi) is 3.28. The smallest absolute Gasteiger partial charge is 0.131 e. The second kappa shape index (κ2) is 4.93. The van der Waals surface area contributed by atoms with Crippen LogP contribution >= 0.6 is 0 Å². The SMILES string of the molecule is NCC1(c2ccc(F)c3ccccc23)CCCCC1. The summed E-state index contributed by atoms with van der Waals surface area (Å²) in [6.45, 7) is 0.655. The average Bonchev–Trinajstić information content (AvgIpc) is 2.48. The summed E-state index contributed by atoms with van der Waals surface area (Å²) in [4.78, 5) is 0. The van der Waals surface area contributed by atoms with Gasteiger partial charge in [0.25, 0.3) is 0 Å². The monoisotopic (exact) mass is 257 g/mol. The number of hydrogen-bond acceptors (Lipinski definition) is 1. The summed E-state index contributed by atoms with van der Waals surface area (Å²) in [6, 6.07) is 11.3. The van der Waals surface area contributed by atoms with Crippen LogP contribution in [0.25, 0.3) is 10.8 Å². The molecule has 2 N–H and O–H groups in total. The fourth-order valence-corrected chi connectivity index (χ4v) is 3.54. The number of benzene rings is 2. The van der Waals surface area contributed by atoms with E-state index in [4.69, 9.17) is 5.73 Å². The van der Waals surface area contributed by atoms with Gasteiger partial charge in [-0.2, -0.15) is 0 Å². The van der Waals surface area contributed by atoms with E-state index in [0.717, 1.165) is 23.6 Å². The lowest BCUT2D eigenvalue weighted by molar-refractivity contribution is 0.303. The molecule has 2 heteroatoms. The summed E-state index contributed by atoms with van der Waals surface area (Å²) < 4.78 is 13.9. The molecular formula is C17H20FN. The highest BCUT2D eigenvalue weighted by Gasteiger charge is 2.33. The van der Waals surface area contributed by atoms with Crippen LogP contribution in [0.5, 0.6) is 0 Å². The number of halogens is 1. The van der Waals surface area contributed by atoms with E-state index in [1.807, 2.05) is 30.3 Å². The Balaban J connectivity index is 2.21. The van der Waals surface area contributed by atoms with Crippen LogP contribution in [0.4, 0.5) is 4.39 Å². The van der Waals surface area contributed by atoms with E-state index in [9.17, 15) is 4.39 Å². The Morgan fingerprint density at radius 3 is 2.32 bits per heavy atom. The van der Waals surface area contributed by atoms with Gasteiger partial charge >= 0.3 is 0 Å². The number of hydrogen-bond donors (Lipinski definition) is 1. The zero-order valence-corrected chi connectivity index (χ0v) is 11.2. The molecule has 0 bridgehead atoms. The summed E-state index contributed by atoms with van der Waals surface area (Å²) >= 11 is 0. The van der Waals surface area contributed by atoms with Crippen LogP contribution in [0.3, 0.4) is 0 Å². The van der Waals surface area contributed by atoms with Crippen LogP contribution in [0.2, 0.25) is 0 Å². The van der Waals surface area contributed by atoms with Gasteiger partial charge in [-0.3, -0.25) is 0 Å². The van der Waals surface area contributed by atoms with Crippen molar-refractivity contribution >= 4 is 10.8 Å². The first-order chi connectivity index (χ1) is 9.27. The predicted octanol–water partition coefficient (Wildman–Crippen LogP) is 4.14. The molecule has 19 heavy (non-hydrogen) atoms. The molecule has 100 valence electrons. The summed E-state index contributed by atoms with van der Waals surface area (Å²) in [7, 11) is 0. The maximum Gasteiger partial charge on any atom is 0.131 e. The van der Waals surface area contributed by atoms with Crippen LogP contribution in [-0.2, 0) is 5.41 Å². The van der Waals surface area contributed by atoms with Crippen LogP contribution in [0, 0.1) is 5.82 Å². The third-order valence-electron chi connectivity index (χ3n) is 4.64. The zero-order valence-electron chi connectivity index (χ0n) is 11.2. The maximum absolute atomic E-state index is 13.9. The van der Waals surface area contributed by atoms with E-state index in [0.29, 0.717) is 6.54 Å². The Bertz CT molecular complexity index is 585. The minimum Gasteiger partial charge on any atom is -0.330 e. The van der Waals surface area contributed by atoms with E-state index in [-0.39, 0.29) is 11.2 Å². The Morgan fingerprint density at radius 2 is 1.63 bits per heavy atom. The molecule has 2 aromatic rings. The topological polar surface area (TPSA) is 26.0 Å². The fraction of sp³-hybridized carbons (Fsp3) is 0.412. The van der Waals surface area contributed by atoms with Crippen LogP contribution in [-0.4, -0.2) is 6.54 Å². The van der Waals surface area contributed by atoms with Crippen molar-refractivity contribution in [2.24, 2.45) is 5.73 Å². The van der Waals surface area contributed by atoms with Crippen molar-refractivity contribution in [2.75, 3.05) is 6.54 Å². The molecule has 0 amide bonds. The summed E-state index contributed by atoms with van der Waals surface area (Å²) in [6.07, 6.45) is 5.99. The molecule has 1 saturated carbocycles. The van der Waals surface area contributed by atoms with Gasteiger partial charge in [-0.1, -0.05) is 49.6 Å². The summed E-state index contributed by atoms with van der Waals surface area (Å²) in [5.41, 5.74) is 7.40. The molecule has 1 aliphatic rings. The van der Waals surface area contributed by atoms with Crippen molar-refractivity contribution in [1.82, 2.24) is 0 Å². The molecule has 0 heterocycles. The van der Waals surface area contributed by atoms with Crippen molar-refractivity contribution in [3.63, 3.8) is 0 Å². The van der Waals surface area contributed by atoms with Crippen molar-refractivity contribution in [2.45, 2.75) is 37.5 Å². The number of fused-ring (bicyclic) bond motifs is 1. The van der Waals surface area contributed by atoms with E-state index in [1.54, 1.807) is 6.07 Å². The first-order valence-electron chi connectivity index (χ1n) is 7.15. The van der Waals surface area contributed by atoms with Crippen molar-refractivity contribution < 1.29 is 4.39 Å². The fourth-order valence-electron chi connectivity index (χ4n) is 3.54. The van der Waals surface area contributed by atoms with Crippen LogP contribution in [0.1, 0.15) is 37.7 Å². The zero-order chi connectivity index (χ0) is 13.3. The molecule has 2 aromatic carbocycles. The third kappa shape index (κ3) is 2.04. The largest absolute Gasteiger partial charge is 0.330 e. The lowest BCUT2D eigenvalue weighted by atomic mass is 9.68. The van der Waals surface area contributed by atoms with E-state index < -0.39 is 0 Å². The van der Waals surface area contributed by atoms with Gasteiger partial charge in [0.2, 0.25) is 0 Å². The van der Waals surface area contributed by atoms with Crippen molar-refractivity contribution in [3.05, 3.63) is 47.8 Å². The van der Waals surface area contributed by atoms with Gasteiger partial charge in [0.15, 0.2) is 0 Å². The minimum absolute atomic E-state index is 0.0472. The summed E-state index contributed by atoms with van der Waals surface area (Å²) in [5.74, 6) is -0.137. The molecule has 1 nitrogen and oxygen atoms in total. The highest BCUT2D eigenvalue weighted by Crippen LogP contribution is 2.41. The lowest BCUT2D eigenvalue weighted by Crippen LogP contribution is -2.37. The Labute approximate surface area is 113 Å². The van der Waals surface area contributed by atoms with Gasteiger partial charge in [0.1, 0.15) is 5.82 Å². The average molecular weight is 257 g/mol. The molecular weight excluding hydrogens is 237 g/mol. The normalized spacial score (nSPS) is 18.6. The molecule has 0 atom stereocenters. The maximum atomic E-state index is 13.9. The predicted molar refractivity (Wildman–Crippen MR) is 77.7 cm³/mol. The molecule has 0 saturated heterocycles. The second-order valence-electron chi connectivity index (χ2n) is 5.69. The molecule has 0 aliphatic heterocycles. The molecule has 0 spiro atoms. The molecule has 3 rings (SSSR count). The van der Waals surface area contributed by atoms with Gasteiger partial charge in [-0.05, 0) is 29.9 Å². The van der Waals surface area contributed by atoms with E-state index in [1.165, 1.54) is 24.8 Å². The minimum atomic E-state index is -0.137. The Hall–Kier alpha value is -1.41.